The Morgan fingerprint density at radius 1 is 1.41 bits per heavy atom. The predicted octanol–water partition coefficient (Wildman–Crippen LogP) is 3.73. The molecule has 1 unspecified atom stereocenters. The molecule has 1 saturated heterocycles. The van der Waals surface area contributed by atoms with Gasteiger partial charge in [0, 0.05) is 17.9 Å². The first-order chi connectivity index (χ1) is 8.24. The number of nitrogens with zero attached hydrogens (tertiary/aromatic N) is 1. The van der Waals surface area contributed by atoms with Gasteiger partial charge in [0.1, 0.15) is 0 Å². The van der Waals surface area contributed by atoms with Crippen molar-refractivity contribution < 1.29 is 4.79 Å². The van der Waals surface area contributed by atoms with E-state index in [1.807, 2.05) is 17.0 Å². The summed E-state index contributed by atoms with van der Waals surface area (Å²) in [5, 5.41) is 1.37. The molecule has 92 valence electrons. The molecule has 1 atom stereocenters. The average Bonchev–Trinajstić information content (AvgIpc) is 2.38. The minimum Gasteiger partial charge on any atom is -0.335 e. The third-order valence-electron chi connectivity index (χ3n) is 3.17. The van der Waals surface area contributed by atoms with Gasteiger partial charge in [-0.1, -0.05) is 39.7 Å². The smallest absolute Gasteiger partial charge is 0.255 e. The van der Waals surface area contributed by atoms with Gasteiger partial charge in [-0.2, -0.15) is 0 Å². The standard InChI is InChI=1S/C13H15BrClNO/c14-9-10-5-3-4-8-16(10)13(17)11-6-1-2-7-12(11)15/h1-2,6-7,10H,3-5,8-9H2. The van der Waals surface area contributed by atoms with Crippen LogP contribution in [0.2, 0.25) is 5.02 Å². The number of hydrogen-bond acceptors (Lipinski definition) is 1. The number of alkyl halides is 1. The van der Waals surface area contributed by atoms with Gasteiger partial charge in [-0.15, -0.1) is 0 Å². The Labute approximate surface area is 115 Å². The molecule has 0 spiro atoms. The molecular weight excluding hydrogens is 302 g/mol. The van der Waals surface area contributed by atoms with Crippen molar-refractivity contribution in [1.29, 1.82) is 0 Å². The lowest BCUT2D eigenvalue weighted by Crippen LogP contribution is -2.44. The van der Waals surface area contributed by atoms with E-state index in [1.54, 1.807) is 12.1 Å². The van der Waals surface area contributed by atoms with Gasteiger partial charge in [0.25, 0.3) is 5.91 Å². The molecular formula is C13H15BrClNO. The number of likely N-dealkylation sites (tertiary alicyclic amines) is 1. The van der Waals surface area contributed by atoms with Gasteiger partial charge in [-0.25, -0.2) is 0 Å². The van der Waals surface area contributed by atoms with Gasteiger partial charge in [-0.05, 0) is 31.4 Å². The number of carbonyl (C=O) groups excluding carboxylic acids is 1. The lowest BCUT2D eigenvalue weighted by Gasteiger charge is -2.35. The summed E-state index contributed by atoms with van der Waals surface area (Å²) in [6.07, 6.45) is 3.35. The first-order valence-electron chi connectivity index (χ1n) is 5.85. The van der Waals surface area contributed by atoms with E-state index in [4.69, 9.17) is 11.6 Å². The topological polar surface area (TPSA) is 20.3 Å². The van der Waals surface area contributed by atoms with Crippen LogP contribution in [0.5, 0.6) is 0 Å². The van der Waals surface area contributed by atoms with Gasteiger partial charge in [-0.3, -0.25) is 4.79 Å². The fraction of sp³-hybridized carbons (Fsp3) is 0.462. The van der Waals surface area contributed by atoms with Gasteiger partial charge >= 0.3 is 0 Å². The number of amides is 1. The molecule has 0 saturated carbocycles. The Morgan fingerprint density at radius 2 is 2.18 bits per heavy atom. The normalized spacial score (nSPS) is 20.4. The van der Waals surface area contributed by atoms with E-state index in [0.717, 1.165) is 24.7 Å². The van der Waals surface area contributed by atoms with Crippen molar-refractivity contribution >= 4 is 33.4 Å². The second kappa shape index (κ2) is 5.87. The van der Waals surface area contributed by atoms with Crippen molar-refractivity contribution in [1.82, 2.24) is 4.90 Å². The highest BCUT2D eigenvalue weighted by Crippen LogP contribution is 2.24. The van der Waals surface area contributed by atoms with Crippen LogP contribution in [0.1, 0.15) is 29.6 Å². The molecule has 1 amide bonds. The van der Waals surface area contributed by atoms with E-state index in [-0.39, 0.29) is 5.91 Å². The summed E-state index contributed by atoms with van der Waals surface area (Å²) in [7, 11) is 0. The molecule has 0 aliphatic carbocycles. The molecule has 2 rings (SSSR count). The van der Waals surface area contributed by atoms with E-state index in [0.29, 0.717) is 16.6 Å². The monoisotopic (exact) mass is 315 g/mol. The molecule has 4 heteroatoms. The van der Waals surface area contributed by atoms with E-state index in [2.05, 4.69) is 15.9 Å². The third kappa shape index (κ3) is 2.83. The Kier molecular flexibility index (Phi) is 4.46. The molecule has 0 aromatic heterocycles. The lowest BCUT2D eigenvalue weighted by molar-refractivity contribution is 0.0642. The number of piperidine rings is 1. The van der Waals surface area contributed by atoms with Gasteiger partial charge in [0.2, 0.25) is 0 Å². The molecule has 1 aromatic rings. The predicted molar refractivity (Wildman–Crippen MR) is 73.9 cm³/mol. The molecule has 1 aromatic carbocycles. The van der Waals surface area contributed by atoms with Gasteiger partial charge in [0.05, 0.1) is 10.6 Å². The number of benzene rings is 1. The SMILES string of the molecule is O=C(c1ccccc1Cl)N1CCCCC1CBr. The maximum absolute atomic E-state index is 12.4. The molecule has 2 nitrogen and oxygen atoms in total. The number of rotatable bonds is 2. The van der Waals surface area contributed by atoms with E-state index >= 15 is 0 Å². The van der Waals surface area contributed by atoms with Crippen LogP contribution in [-0.2, 0) is 0 Å². The first-order valence-corrected chi connectivity index (χ1v) is 7.35. The molecule has 0 radical (unpaired) electrons. The Balaban J connectivity index is 2.21. The van der Waals surface area contributed by atoms with Crippen LogP contribution in [0.25, 0.3) is 0 Å². The minimum atomic E-state index is 0.0553. The summed E-state index contributed by atoms with van der Waals surface area (Å²) < 4.78 is 0. The Morgan fingerprint density at radius 3 is 2.88 bits per heavy atom. The second-order valence-corrected chi connectivity index (χ2v) is 5.34. The van der Waals surface area contributed by atoms with E-state index in [1.165, 1.54) is 6.42 Å². The summed E-state index contributed by atoms with van der Waals surface area (Å²) >= 11 is 9.55. The van der Waals surface area contributed by atoms with Crippen molar-refractivity contribution in [3.63, 3.8) is 0 Å². The zero-order valence-corrected chi connectivity index (χ0v) is 11.9. The highest BCUT2D eigenvalue weighted by atomic mass is 79.9. The summed E-state index contributed by atoms with van der Waals surface area (Å²) in [6, 6.07) is 7.56. The Hall–Kier alpha value is -0.540. The van der Waals surface area contributed by atoms with Gasteiger partial charge in [0.15, 0.2) is 0 Å². The summed E-state index contributed by atoms with van der Waals surface area (Å²) in [5.41, 5.74) is 0.613. The fourth-order valence-corrected chi connectivity index (χ4v) is 3.11. The highest BCUT2D eigenvalue weighted by Gasteiger charge is 2.27. The van der Waals surface area contributed by atoms with Crippen molar-refractivity contribution in [2.45, 2.75) is 25.3 Å². The molecule has 1 aliphatic heterocycles. The van der Waals surface area contributed by atoms with Crippen molar-refractivity contribution in [3.8, 4) is 0 Å². The van der Waals surface area contributed by atoms with E-state index in [9.17, 15) is 4.79 Å². The summed E-state index contributed by atoms with van der Waals surface area (Å²) in [4.78, 5) is 14.4. The lowest BCUT2D eigenvalue weighted by atomic mass is 10.0. The fourth-order valence-electron chi connectivity index (χ4n) is 2.22. The third-order valence-corrected chi connectivity index (χ3v) is 4.25. The van der Waals surface area contributed by atoms with Crippen molar-refractivity contribution in [2.75, 3.05) is 11.9 Å². The number of carbonyl (C=O) groups is 1. The van der Waals surface area contributed by atoms with Crippen LogP contribution < -0.4 is 0 Å². The summed E-state index contributed by atoms with van der Waals surface area (Å²) in [5.74, 6) is 0.0553. The quantitative estimate of drug-likeness (QED) is 0.761. The van der Waals surface area contributed by atoms with Crippen molar-refractivity contribution in [2.24, 2.45) is 0 Å². The average molecular weight is 317 g/mol. The Bertz CT molecular complexity index is 410. The zero-order chi connectivity index (χ0) is 12.3. The van der Waals surface area contributed by atoms with E-state index < -0.39 is 0 Å². The summed E-state index contributed by atoms with van der Waals surface area (Å²) in [6.45, 7) is 0.834. The largest absolute Gasteiger partial charge is 0.335 e. The molecule has 0 bridgehead atoms. The molecule has 1 fully saturated rings. The number of halogens is 2. The maximum Gasteiger partial charge on any atom is 0.255 e. The van der Waals surface area contributed by atoms with Gasteiger partial charge < -0.3 is 4.90 Å². The first kappa shape index (κ1) is 12.9. The van der Waals surface area contributed by atoms with Crippen LogP contribution in [0.4, 0.5) is 0 Å². The van der Waals surface area contributed by atoms with Crippen LogP contribution in [-0.4, -0.2) is 28.7 Å². The molecule has 0 N–H and O–H groups in total. The molecule has 1 aliphatic rings. The second-order valence-electron chi connectivity index (χ2n) is 4.28. The van der Waals surface area contributed by atoms with Crippen molar-refractivity contribution in [3.05, 3.63) is 34.9 Å². The molecule has 17 heavy (non-hydrogen) atoms. The minimum absolute atomic E-state index is 0.0553. The highest BCUT2D eigenvalue weighted by molar-refractivity contribution is 9.09. The van der Waals surface area contributed by atoms with Crippen LogP contribution in [0.3, 0.4) is 0 Å². The molecule has 1 heterocycles. The number of hydrogen-bond donors (Lipinski definition) is 0. The van der Waals surface area contributed by atoms with Crippen LogP contribution in [0, 0.1) is 0 Å². The van der Waals surface area contributed by atoms with Crippen LogP contribution in [0.15, 0.2) is 24.3 Å². The maximum atomic E-state index is 12.4. The zero-order valence-electron chi connectivity index (χ0n) is 9.53. The van der Waals surface area contributed by atoms with Crippen LogP contribution >= 0.6 is 27.5 Å².